The lowest BCUT2D eigenvalue weighted by Gasteiger charge is -2.27. The Labute approximate surface area is 78.1 Å². The molecule has 13 heavy (non-hydrogen) atoms. The topological polar surface area (TPSA) is 20.2 Å². The highest BCUT2D eigenvalue weighted by Crippen LogP contribution is 2.62. The third-order valence-electron chi connectivity index (χ3n) is 4.82. The molecule has 4 rings (SSSR count). The maximum atomic E-state index is 10.0. The minimum atomic E-state index is -0.0415. The van der Waals surface area contributed by atoms with Crippen LogP contribution in [0, 0.1) is 35.5 Å². The molecule has 6 unspecified atom stereocenters. The van der Waals surface area contributed by atoms with Crippen molar-refractivity contribution in [1.29, 1.82) is 0 Å². The number of rotatable bonds is 0. The molecule has 6 atom stereocenters. The van der Waals surface area contributed by atoms with Crippen LogP contribution in [0.1, 0.15) is 6.42 Å². The predicted octanol–water partition coefficient (Wildman–Crippen LogP) is 1.60. The number of hydrogen-bond acceptors (Lipinski definition) is 1. The standard InChI is InChI=1S/C12H14O/c13-12-8-3-4-9(12)11-7-2-1-6(5-7)10(8)11/h1-4,6-13H,5H2. The minimum absolute atomic E-state index is 0.0415. The summed E-state index contributed by atoms with van der Waals surface area (Å²) < 4.78 is 0. The van der Waals surface area contributed by atoms with Crippen LogP contribution in [0.15, 0.2) is 24.3 Å². The van der Waals surface area contributed by atoms with Crippen LogP contribution in [0.25, 0.3) is 0 Å². The maximum absolute atomic E-state index is 10.0. The molecule has 0 aliphatic heterocycles. The first-order valence-corrected chi connectivity index (χ1v) is 5.41. The Bertz CT molecular complexity index is 289. The lowest BCUT2D eigenvalue weighted by Crippen LogP contribution is -2.23. The Morgan fingerprint density at radius 3 is 1.92 bits per heavy atom. The highest BCUT2D eigenvalue weighted by atomic mass is 16.3. The third kappa shape index (κ3) is 0.594. The van der Waals surface area contributed by atoms with Crippen LogP contribution in [0.4, 0.5) is 0 Å². The van der Waals surface area contributed by atoms with Gasteiger partial charge >= 0.3 is 0 Å². The molecule has 0 aromatic heterocycles. The number of hydrogen-bond donors (Lipinski definition) is 1. The lowest BCUT2D eigenvalue weighted by atomic mass is 9.76. The summed E-state index contributed by atoms with van der Waals surface area (Å²) in [6.07, 6.45) is 10.7. The van der Waals surface area contributed by atoms with Gasteiger partial charge in [-0.1, -0.05) is 24.3 Å². The molecular weight excluding hydrogens is 160 g/mol. The number of aliphatic hydroxyl groups excluding tert-OH is 1. The SMILES string of the molecule is OC1C2C=CC1C1C3C=CC(C3)C21. The molecule has 1 heteroatoms. The Hall–Kier alpha value is -0.560. The van der Waals surface area contributed by atoms with E-state index in [0.29, 0.717) is 11.8 Å². The van der Waals surface area contributed by atoms with E-state index in [-0.39, 0.29) is 6.10 Å². The molecule has 4 bridgehead atoms. The van der Waals surface area contributed by atoms with Gasteiger partial charge in [0.1, 0.15) is 0 Å². The molecule has 1 nitrogen and oxygen atoms in total. The summed E-state index contributed by atoms with van der Waals surface area (Å²) in [4.78, 5) is 0. The first-order chi connectivity index (χ1) is 6.36. The van der Waals surface area contributed by atoms with E-state index in [2.05, 4.69) is 24.3 Å². The first-order valence-electron chi connectivity index (χ1n) is 5.41. The van der Waals surface area contributed by atoms with Gasteiger partial charge in [0, 0.05) is 11.8 Å². The van der Waals surface area contributed by atoms with E-state index in [9.17, 15) is 5.11 Å². The zero-order valence-corrected chi connectivity index (χ0v) is 7.51. The Balaban J connectivity index is 1.85. The van der Waals surface area contributed by atoms with Gasteiger partial charge < -0.3 is 5.11 Å². The van der Waals surface area contributed by atoms with Crippen LogP contribution in [-0.4, -0.2) is 11.2 Å². The van der Waals surface area contributed by atoms with E-state index >= 15 is 0 Å². The fourth-order valence-electron chi connectivity index (χ4n) is 4.44. The van der Waals surface area contributed by atoms with Crippen molar-refractivity contribution in [3.8, 4) is 0 Å². The van der Waals surface area contributed by atoms with Gasteiger partial charge in [0.2, 0.25) is 0 Å². The van der Waals surface area contributed by atoms with Gasteiger partial charge in [0.25, 0.3) is 0 Å². The highest BCUT2D eigenvalue weighted by molar-refractivity contribution is 5.28. The zero-order valence-electron chi connectivity index (χ0n) is 7.51. The molecular formula is C12H14O. The van der Waals surface area contributed by atoms with Crippen LogP contribution in [0.2, 0.25) is 0 Å². The Kier molecular flexibility index (Phi) is 1.01. The molecule has 0 radical (unpaired) electrons. The van der Waals surface area contributed by atoms with Gasteiger partial charge in [-0.3, -0.25) is 0 Å². The second kappa shape index (κ2) is 1.93. The molecule has 0 aromatic carbocycles. The van der Waals surface area contributed by atoms with E-state index < -0.39 is 0 Å². The molecule has 0 saturated heterocycles. The molecule has 68 valence electrons. The molecule has 1 N–H and O–H groups in total. The molecule has 4 aliphatic carbocycles. The molecule has 2 saturated carbocycles. The Morgan fingerprint density at radius 1 is 0.846 bits per heavy atom. The first kappa shape index (κ1) is 6.83. The third-order valence-corrected chi connectivity index (χ3v) is 4.82. The van der Waals surface area contributed by atoms with Crippen molar-refractivity contribution >= 4 is 0 Å². The molecule has 0 amide bonds. The Morgan fingerprint density at radius 2 is 1.38 bits per heavy atom. The number of allylic oxidation sites excluding steroid dienone is 2. The summed E-state index contributed by atoms with van der Waals surface area (Å²) in [7, 11) is 0. The molecule has 2 fully saturated rings. The van der Waals surface area contributed by atoms with Crippen LogP contribution in [-0.2, 0) is 0 Å². The summed E-state index contributed by atoms with van der Waals surface area (Å²) in [5.74, 6) is 4.17. The maximum Gasteiger partial charge on any atom is 0.0671 e. The van der Waals surface area contributed by atoms with Gasteiger partial charge in [-0.25, -0.2) is 0 Å². The fourth-order valence-corrected chi connectivity index (χ4v) is 4.44. The van der Waals surface area contributed by atoms with Gasteiger partial charge in [-0.05, 0) is 30.1 Å². The van der Waals surface area contributed by atoms with E-state index in [0.717, 1.165) is 23.7 Å². The smallest absolute Gasteiger partial charge is 0.0671 e. The largest absolute Gasteiger partial charge is 0.392 e. The van der Waals surface area contributed by atoms with Crippen molar-refractivity contribution in [2.24, 2.45) is 35.5 Å². The summed E-state index contributed by atoms with van der Waals surface area (Å²) in [5.41, 5.74) is 0. The monoisotopic (exact) mass is 174 g/mol. The summed E-state index contributed by atoms with van der Waals surface area (Å²) >= 11 is 0. The van der Waals surface area contributed by atoms with Crippen molar-refractivity contribution in [1.82, 2.24) is 0 Å². The minimum Gasteiger partial charge on any atom is -0.392 e. The molecule has 0 spiro atoms. The van der Waals surface area contributed by atoms with Crippen LogP contribution >= 0.6 is 0 Å². The number of aliphatic hydroxyl groups is 1. The van der Waals surface area contributed by atoms with E-state index in [1.54, 1.807) is 0 Å². The predicted molar refractivity (Wildman–Crippen MR) is 49.8 cm³/mol. The number of fused-ring (bicyclic) bond motifs is 9. The highest BCUT2D eigenvalue weighted by Gasteiger charge is 2.60. The van der Waals surface area contributed by atoms with Crippen LogP contribution < -0.4 is 0 Å². The summed E-state index contributed by atoms with van der Waals surface area (Å²) in [5, 5.41) is 10.0. The van der Waals surface area contributed by atoms with Crippen molar-refractivity contribution in [2.75, 3.05) is 0 Å². The van der Waals surface area contributed by atoms with Crippen molar-refractivity contribution in [3.05, 3.63) is 24.3 Å². The van der Waals surface area contributed by atoms with Gasteiger partial charge in [-0.15, -0.1) is 0 Å². The molecule has 4 aliphatic rings. The second-order valence-corrected chi connectivity index (χ2v) is 5.13. The van der Waals surface area contributed by atoms with E-state index in [1.807, 2.05) is 0 Å². The molecule has 0 heterocycles. The van der Waals surface area contributed by atoms with Crippen molar-refractivity contribution in [2.45, 2.75) is 12.5 Å². The van der Waals surface area contributed by atoms with Crippen LogP contribution in [0.3, 0.4) is 0 Å². The van der Waals surface area contributed by atoms with Crippen LogP contribution in [0.5, 0.6) is 0 Å². The average molecular weight is 174 g/mol. The lowest BCUT2D eigenvalue weighted by molar-refractivity contribution is 0.119. The van der Waals surface area contributed by atoms with Gasteiger partial charge in [0.05, 0.1) is 6.10 Å². The van der Waals surface area contributed by atoms with Crippen molar-refractivity contribution < 1.29 is 5.11 Å². The summed E-state index contributed by atoms with van der Waals surface area (Å²) in [6.45, 7) is 0. The zero-order chi connectivity index (χ0) is 8.58. The fraction of sp³-hybridized carbons (Fsp3) is 0.667. The normalized spacial score (nSPS) is 65.2. The van der Waals surface area contributed by atoms with Gasteiger partial charge in [-0.2, -0.15) is 0 Å². The quantitative estimate of drug-likeness (QED) is 0.437. The second-order valence-electron chi connectivity index (χ2n) is 5.13. The molecule has 0 aromatic rings. The summed E-state index contributed by atoms with van der Waals surface area (Å²) in [6, 6.07) is 0. The average Bonchev–Trinajstić information content (AvgIpc) is 2.84. The van der Waals surface area contributed by atoms with E-state index in [4.69, 9.17) is 0 Å². The van der Waals surface area contributed by atoms with E-state index in [1.165, 1.54) is 6.42 Å². The van der Waals surface area contributed by atoms with Crippen molar-refractivity contribution in [3.63, 3.8) is 0 Å². The van der Waals surface area contributed by atoms with Gasteiger partial charge in [0.15, 0.2) is 0 Å².